The molecule has 0 aromatic rings. The molecule has 0 unspecified atom stereocenters. The summed E-state index contributed by atoms with van der Waals surface area (Å²) in [6.07, 6.45) is 6.99. The summed E-state index contributed by atoms with van der Waals surface area (Å²) in [5.74, 6) is -0.836. The van der Waals surface area contributed by atoms with Crippen molar-refractivity contribution in [1.29, 1.82) is 0 Å². The second-order valence-electron chi connectivity index (χ2n) is 6.75. The Bertz CT molecular complexity index is 699. The van der Waals surface area contributed by atoms with Crippen molar-refractivity contribution in [3.05, 3.63) is 45.6 Å². The third-order valence-electron chi connectivity index (χ3n) is 4.73. The van der Waals surface area contributed by atoms with Gasteiger partial charge in [-0.25, -0.2) is 0 Å². The quantitative estimate of drug-likeness (QED) is 0.511. The van der Waals surface area contributed by atoms with Gasteiger partial charge < -0.3 is 5.11 Å². The second kappa shape index (κ2) is 9.30. The highest BCUT2D eigenvalue weighted by molar-refractivity contribution is 6.24. The van der Waals surface area contributed by atoms with Crippen LogP contribution in [-0.4, -0.2) is 22.6 Å². The Morgan fingerprint density at radius 1 is 0.840 bits per heavy atom. The predicted octanol–water partition coefficient (Wildman–Crippen LogP) is 4.72. The minimum atomic E-state index is -0.779. The highest BCUT2D eigenvalue weighted by Crippen LogP contribution is 2.27. The molecule has 136 valence electrons. The molecule has 0 aromatic carbocycles. The molecule has 1 aliphatic rings. The number of carbonyl (C=O) groups is 3. The number of aliphatic carboxylic acids is 1. The Morgan fingerprint density at radius 2 is 1.40 bits per heavy atom. The van der Waals surface area contributed by atoms with Gasteiger partial charge in [-0.1, -0.05) is 23.3 Å². The first kappa shape index (κ1) is 20.8. The molecule has 0 bridgehead atoms. The van der Waals surface area contributed by atoms with Gasteiger partial charge in [-0.3, -0.25) is 14.4 Å². The zero-order valence-corrected chi connectivity index (χ0v) is 15.9. The molecule has 0 saturated heterocycles. The van der Waals surface area contributed by atoms with Gasteiger partial charge in [0.1, 0.15) is 0 Å². The van der Waals surface area contributed by atoms with E-state index in [1.54, 1.807) is 20.8 Å². The van der Waals surface area contributed by atoms with Crippen LogP contribution in [0.4, 0.5) is 0 Å². The van der Waals surface area contributed by atoms with Crippen LogP contribution in [0.5, 0.6) is 0 Å². The minimum absolute atomic E-state index is 0.0249. The number of carbonyl (C=O) groups excluding carboxylic acids is 2. The molecule has 4 heteroatoms. The Hall–Kier alpha value is -2.23. The molecule has 0 atom stereocenters. The number of carboxylic acid groups (broad SMARTS) is 1. The van der Waals surface area contributed by atoms with E-state index in [1.807, 2.05) is 19.9 Å². The van der Waals surface area contributed by atoms with E-state index >= 15 is 0 Å². The van der Waals surface area contributed by atoms with Crippen molar-refractivity contribution in [2.75, 3.05) is 0 Å². The zero-order valence-electron chi connectivity index (χ0n) is 15.9. The monoisotopic (exact) mass is 344 g/mol. The van der Waals surface area contributed by atoms with Gasteiger partial charge in [-0.15, -0.1) is 0 Å². The van der Waals surface area contributed by atoms with E-state index in [9.17, 15) is 14.4 Å². The summed E-state index contributed by atoms with van der Waals surface area (Å²) < 4.78 is 0. The van der Waals surface area contributed by atoms with Gasteiger partial charge in [0.05, 0.1) is 0 Å². The minimum Gasteiger partial charge on any atom is -0.481 e. The maximum absolute atomic E-state index is 12.4. The Balaban J connectivity index is 2.64. The first-order chi connectivity index (χ1) is 11.6. The lowest BCUT2D eigenvalue weighted by Crippen LogP contribution is -2.20. The number of allylic oxidation sites excluding steroid dienone is 8. The van der Waals surface area contributed by atoms with Crippen LogP contribution in [0.1, 0.15) is 66.7 Å². The van der Waals surface area contributed by atoms with Crippen LogP contribution in [0.3, 0.4) is 0 Å². The number of ketones is 2. The summed E-state index contributed by atoms with van der Waals surface area (Å²) in [4.78, 5) is 35.1. The molecule has 0 amide bonds. The fourth-order valence-corrected chi connectivity index (χ4v) is 2.73. The zero-order chi connectivity index (χ0) is 19.1. The van der Waals surface area contributed by atoms with Gasteiger partial charge >= 0.3 is 5.97 Å². The molecule has 0 heterocycles. The lowest BCUT2D eigenvalue weighted by molar-refractivity contribution is -0.137. The molecule has 0 radical (unpaired) electrons. The van der Waals surface area contributed by atoms with E-state index in [2.05, 4.69) is 6.08 Å². The highest BCUT2D eigenvalue weighted by atomic mass is 16.4. The fourth-order valence-electron chi connectivity index (χ4n) is 2.73. The Morgan fingerprint density at radius 3 is 2.00 bits per heavy atom. The summed E-state index contributed by atoms with van der Waals surface area (Å²) >= 11 is 0. The SMILES string of the molecule is CC1=C(C)C(=O)C(C/C=C(\C)CC/C=C(\C)CCC(=O)O)=C(C)C1=O. The maximum Gasteiger partial charge on any atom is 0.303 e. The lowest BCUT2D eigenvalue weighted by atomic mass is 9.84. The molecule has 25 heavy (non-hydrogen) atoms. The van der Waals surface area contributed by atoms with Gasteiger partial charge in [-0.2, -0.15) is 0 Å². The van der Waals surface area contributed by atoms with E-state index in [0.717, 1.165) is 24.0 Å². The summed E-state index contributed by atoms with van der Waals surface area (Å²) in [7, 11) is 0. The van der Waals surface area contributed by atoms with Gasteiger partial charge in [-0.05, 0) is 60.3 Å². The van der Waals surface area contributed by atoms with Crippen LogP contribution >= 0.6 is 0 Å². The first-order valence-electron chi connectivity index (χ1n) is 8.64. The summed E-state index contributed by atoms with van der Waals surface area (Å²) in [6.45, 7) is 9.10. The molecule has 0 aromatic heterocycles. The number of carboxylic acids is 1. The van der Waals surface area contributed by atoms with Crippen LogP contribution in [0.15, 0.2) is 45.6 Å². The van der Waals surface area contributed by atoms with Crippen molar-refractivity contribution in [3.8, 4) is 0 Å². The standard InChI is InChI=1S/C21H28O4/c1-13(7-6-8-14(2)10-12-19(22)23)9-11-18-17(5)20(24)15(3)16(4)21(18)25/h8-9H,6-7,10-12H2,1-5H3,(H,22,23)/b13-9+,14-8+. The number of hydrogen-bond donors (Lipinski definition) is 1. The number of rotatable bonds is 8. The van der Waals surface area contributed by atoms with Crippen molar-refractivity contribution < 1.29 is 19.5 Å². The van der Waals surface area contributed by atoms with Gasteiger partial charge in [0.15, 0.2) is 11.6 Å². The fraction of sp³-hybridized carbons (Fsp3) is 0.476. The summed E-state index contributed by atoms with van der Waals surface area (Å²) in [6, 6.07) is 0. The maximum atomic E-state index is 12.4. The Labute approximate surface area is 150 Å². The third kappa shape index (κ3) is 5.96. The van der Waals surface area contributed by atoms with Gasteiger partial charge in [0, 0.05) is 28.7 Å². The highest BCUT2D eigenvalue weighted by Gasteiger charge is 2.26. The smallest absolute Gasteiger partial charge is 0.303 e. The number of Topliss-reactive ketones (excluding diaryl/α,β-unsaturated/α-hetero) is 2. The molecule has 0 saturated carbocycles. The Kier molecular flexibility index (Phi) is 7.75. The average molecular weight is 344 g/mol. The van der Waals surface area contributed by atoms with Crippen molar-refractivity contribution in [2.45, 2.75) is 66.7 Å². The van der Waals surface area contributed by atoms with Crippen LogP contribution in [-0.2, 0) is 14.4 Å². The summed E-state index contributed by atoms with van der Waals surface area (Å²) in [5, 5.41) is 8.67. The molecule has 0 spiro atoms. The molecule has 0 aliphatic heterocycles. The van der Waals surface area contributed by atoms with Crippen LogP contribution in [0.25, 0.3) is 0 Å². The first-order valence-corrected chi connectivity index (χ1v) is 8.64. The van der Waals surface area contributed by atoms with E-state index in [4.69, 9.17) is 5.11 Å². The van der Waals surface area contributed by atoms with Crippen LogP contribution in [0, 0.1) is 0 Å². The van der Waals surface area contributed by atoms with Crippen molar-refractivity contribution in [2.24, 2.45) is 0 Å². The third-order valence-corrected chi connectivity index (χ3v) is 4.73. The van der Waals surface area contributed by atoms with Crippen molar-refractivity contribution in [1.82, 2.24) is 0 Å². The molecular weight excluding hydrogens is 316 g/mol. The average Bonchev–Trinajstić information content (AvgIpc) is 2.56. The molecule has 0 fully saturated rings. The summed E-state index contributed by atoms with van der Waals surface area (Å²) in [5.41, 5.74) is 4.49. The van der Waals surface area contributed by atoms with E-state index < -0.39 is 5.97 Å². The van der Waals surface area contributed by atoms with Gasteiger partial charge in [0.25, 0.3) is 0 Å². The van der Waals surface area contributed by atoms with Gasteiger partial charge in [0.2, 0.25) is 0 Å². The molecule has 1 rings (SSSR count). The molecule has 4 nitrogen and oxygen atoms in total. The normalized spacial score (nSPS) is 16.8. The van der Waals surface area contributed by atoms with Crippen LogP contribution < -0.4 is 0 Å². The largest absolute Gasteiger partial charge is 0.481 e. The van der Waals surface area contributed by atoms with Crippen molar-refractivity contribution in [3.63, 3.8) is 0 Å². The second-order valence-corrected chi connectivity index (χ2v) is 6.75. The number of hydrogen-bond acceptors (Lipinski definition) is 3. The van der Waals surface area contributed by atoms with Crippen molar-refractivity contribution >= 4 is 17.5 Å². The van der Waals surface area contributed by atoms with E-state index in [0.29, 0.717) is 35.1 Å². The van der Waals surface area contributed by atoms with E-state index in [1.165, 1.54) is 0 Å². The molecular formula is C21H28O4. The topological polar surface area (TPSA) is 71.4 Å². The van der Waals surface area contributed by atoms with Crippen LogP contribution in [0.2, 0.25) is 0 Å². The predicted molar refractivity (Wildman–Crippen MR) is 99.3 cm³/mol. The molecule has 1 aliphatic carbocycles. The lowest BCUT2D eigenvalue weighted by Gasteiger charge is -2.17. The van der Waals surface area contributed by atoms with E-state index in [-0.39, 0.29) is 18.0 Å². The molecule has 1 N–H and O–H groups in total.